The first kappa shape index (κ1) is 8.52. The van der Waals surface area contributed by atoms with Crippen LogP contribution in [0, 0.1) is 6.92 Å². The van der Waals surface area contributed by atoms with Crippen molar-refractivity contribution in [1.82, 2.24) is 4.98 Å². The predicted molar refractivity (Wildman–Crippen MR) is 45.0 cm³/mol. The van der Waals surface area contributed by atoms with Gasteiger partial charge in [0.1, 0.15) is 0 Å². The third-order valence-corrected chi connectivity index (χ3v) is 1.44. The molecule has 0 aromatic carbocycles. The molecule has 1 heterocycles. The maximum Gasteiger partial charge on any atom is 0.411 e. The van der Waals surface area contributed by atoms with Crippen LogP contribution in [0.3, 0.4) is 0 Å². The number of anilines is 1. The van der Waals surface area contributed by atoms with Crippen LogP contribution in [0.1, 0.15) is 5.56 Å². The molecule has 1 N–H and O–H groups in total. The summed E-state index contributed by atoms with van der Waals surface area (Å²) in [6, 6.07) is 1.71. The van der Waals surface area contributed by atoms with Crippen molar-refractivity contribution in [3.63, 3.8) is 0 Å². The van der Waals surface area contributed by atoms with Gasteiger partial charge in [0, 0.05) is 18.1 Å². The molecule has 64 valence electrons. The Kier molecular flexibility index (Phi) is 2.63. The summed E-state index contributed by atoms with van der Waals surface area (Å²) < 4.78 is 4.44. The lowest BCUT2D eigenvalue weighted by molar-refractivity contribution is 0.187. The SMILES string of the molecule is COC(=O)Nc1ccncc1C. The van der Waals surface area contributed by atoms with Crippen molar-refractivity contribution in [2.24, 2.45) is 0 Å². The molecule has 1 rings (SSSR count). The minimum Gasteiger partial charge on any atom is -0.453 e. The second-order valence-corrected chi connectivity index (χ2v) is 2.31. The van der Waals surface area contributed by atoms with Gasteiger partial charge >= 0.3 is 6.09 Å². The van der Waals surface area contributed by atoms with E-state index in [1.807, 2.05) is 6.92 Å². The molecule has 0 spiro atoms. The van der Waals surface area contributed by atoms with E-state index >= 15 is 0 Å². The van der Waals surface area contributed by atoms with Gasteiger partial charge in [-0.3, -0.25) is 10.3 Å². The second kappa shape index (κ2) is 3.71. The molecule has 0 atom stereocenters. The summed E-state index contributed by atoms with van der Waals surface area (Å²) in [7, 11) is 1.33. The van der Waals surface area contributed by atoms with E-state index in [2.05, 4.69) is 15.0 Å². The summed E-state index contributed by atoms with van der Waals surface area (Å²) in [4.78, 5) is 14.7. The molecule has 1 aromatic heterocycles. The smallest absolute Gasteiger partial charge is 0.411 e. The molecular formula is C8H10N2O2. The molecule has 1 amide bonds. The molecule has 0 saturated heterocycles. The van der Waals surface area contributed by atoms with Crippen LogP contribution in [0.4, 0.5) is 10.5 Å². The zero-order valence-electron chi connectivity index (χ0n) is 7.00. The number of carbonyl (C=O) groups is 1. The summed E-state index contributed by atoms with van der Waals surface area (Å²) in [5.41, 5.74) is 1.62. The van der Waals surface area contributed by atoms with Gasteiger partial charge in [-0.1, -0.05) is 0 Å². The molecule has 0 saturated carbocycles. The zero-order chi connectivity index (χ0) is 8.97. The first-order valence-corrected chi connectivity index (χ1v) is 3.49. The Labute approximate surface area is 70.6 Å². The lowest BCUT2D eigenvalue weighted by Crippen LogP contribution is -2.11. The van der Waals surface area contributed by atoms with Gasteiger partial charge in [0.2, 0.25) is 0 Å². The standard InChI is InChI=1S/C8H10N2O2/c1-6-5-9-4-3-7(6)10-8(11)12-2/h3-5H,1-2H3,(H,9,10,11). The highest BCUT2D eigenvalue weighted by atomic mass is 16.5. The number of amides is 1. The summed E-state index contributed by atoms with van der Waals surface area (Å²) in [5.74, 6) is 0. The molecule has 0 aliphatic carbocycles. The van der Waals surface area contributed by atoms with Gasteiger partial charge in [-0.15, -0.1) is 0 Å². The monoisotopic (exact) mass is 166 g/mol. The molecule has 12 heavy (non-hydrogen) atoms. The molecule has 0 aliphatic heterocycles. The lowest BCUT2D eigenvalue weighted by Gasteiger charge is -2.04. The van der Waals surface area contributed by atoms with Crippen LogP contribution in [0.2, 0.25) is 0 Å². The minimum atomic E-state index is -0.468. The molecule has 0 aliphatic rings. The van der Waals surface area contributed by atoms with E-state index < -0.39 is 6.09 Å². The maximum atomic E-state index is 10.8. The first-order chi connectivity index (χ1) is 5.74. The summed E-state index contributed by atoms with van der Waals surface area (Å²) in [6.45, 7) is 1.86. The van der Waals surface area contributed by atoms with Gasteiger partial charge in [0.25, 0.3) is 0 Å². The van der Waals surface area contributed by atoms with E-state index in [9.17, 15) is 4.79 Å². The number of aryl methyl sites for hydroxylation is 1. The van der Waals surface area contributed by atoms with Crippen molar-refractivity contribution in [1.29, 1.82) is 0 Å². The summed E-state index contributed by atoms with van der Waals surface area (Å²) >= 11 is 0. The topological polar surface area (TPSA) is 51.2 Å². The third kappa shape index (κ3) is 1.95. The van der Waals surface area contributed by atoms with Gasteiger partial charge in [-0.05, 0) is 18.6 Å². The van der Waals surface area contributed by atoms with E-state index in [4.69, 9.17) is 0 Å². The number of hydrogen-bond donors (Lipinski definition) is 1. The first-order valence-electron chi connectivity index (χ1n) is 3.49. The number of ether oxygens (including phenoxy) is 1. The van der Waals surface area contributed by atoms with Crippen LogP contribution < -0.4 is 5.32 Å². The van der Waals surface area contributed by atoms with Gasteiger partial charge in [0.05, 0.1) is 7.11 Å². The van der Waals surface area contributed by atoms with E-state index in [1.54, 1.807) is 18.5 Å². The van der Waals surface area contributed by atoms with Crippen LogP contribution >= 0.6 is 0 Å². The van der Waals surface area contributed by atoms with Crippen molar-refractivity contribution in [2.45, 2.75) is 6.92 Å². The predicted octanol–water partition coefficient (Wildman–Crippen LogP) is 1.57. The largest absolute Gasteiger partial charge is 0.453 e. The average molecular weight is 166 g/mol. The highest BCUT2D eigenvalue weighted by Gasteiger charge is 2.01. The molecule has 0 bridgehead atoms. The molecule has 0 radical (unpaired) electrons. The Hall–Kier alpha value is -1.58. The Morgan fingerprint density at radius 2 is 2.42 bits per heavy atom. The summed E-state index contributed by atoms with van der Waals surface area (Å²) in [6.07, 6.45) is 2.81. The number of nitrogens with zero attached hydrogens (tertiary/aromatic N) is 1. The van der Waals surface area contributed by atoms with Crippen molar-refractivity contribution in [3.05, 3.63) is 24.0 Å². The van der Waals surface area contributed by atoms with Gasteiger partial charge in [0.15, 0.2) is 0 Å². The Bertz CT molecular complexity index is 286. The van der Waals surface area contributed by atoms with Crippen molar-refractivity contribution < 1.29 is 9.53 Å². The maximum absolute atomic E-state index is 10.8. The average Bonchev–Trinajstić information content (AvgIpc) is 2.09. The highest BCUT2D eigenvalue weighted by Crippen LogP contribution is 2.11. The molecule has 4 heteroatoms. The number of methoxy groups -OCH3 is 1. The molecular weight excluding hydrogens is 156 g/mol. The van der Waals surface area contributed by atoms with Crippen LogP contribution in [0.5, 0.6) is 0 Å². The Morgan fingerprint density at radius 1 is 1.67 bits per heavy atom. The second-order valence-electron chi connectivity index (χ2n) is 2.31. The van der Waals surface area contributed by atoms with Crippen LogP contribution in [-0.4, -0.2) is 18.2 Å². The van der Waals surface area contributed by atoms with E-state index in [-0.39, 0.29) is 0 Å². The van der Waals surface area contributed by atoms with Crippen molar-refractivity contribution in [3.8, 4) is 0 Å². The van der Waals surface area contributed by atoms with E-state index in [0.717, 1.165) is 11.3 Å². The fourth-order valence-corrected chi connectivity index (χ4v) is 0.775. The van der Waals surface area contributed by atoms with Crippen LogP contribution in [0.15, 0.2) is 18.5 Å². The third-order valence-electron chi connectivity index (χ3n) is 1.44. The molecule has 1 aromatic rings. The van der Waals surface area contributed by atoms with Gasteiger partial charge in [-0.2, -0.15) is 0 Å². The molecule has 4 nitrogen and oxygen atoms in total. The number of aromatic nitrogens is 1. The van der Waals surface area contributed by atoms with E-state index in [1.165, 1.54) is 7.11 Å². The summed E-state index contributed by atoms with van der Waals surface area (Å²) in [5, 5.41) is 2.56. The van der Waals surface area contributed by atoms with Gasteiger partial charge < -0.3 is 4.74 Å². The van der Waals surface area contributed by atoms with Crippen molar-refractivity contribution >= 4 is 11.8 Å². The molecule has 0 fully saturated rings. The lowest BCUT2D eigenvalue weighted by atomic mass is 10.3. The number of carbonyl (C=O) groups excluding carboxylic acids is 1. The zero-order valence-corrected chi connectivity index (χ0v) is 7.00. The number of nitrogens with one attached hydrogen (secondary N) is 1. The Balaban J connectivity index is 2.75. The van der Waals surface area contributed by atoms with Crippen LogP contribution in [0.25, 0.3) is 0 Å². The quantitative estimate of drug-likeness (QED) is 0.688. The van der Waals surface area contributed by atoms with Crippen molar-refractivity contribution in [2.75, 3.05) is 12.4 Å². The fraction of sp³-hybridized carbons (Fsp3) is 0.250. The number of pyridine rings is 1. The fourth-order valence-electron chi connectivity index (χ4n) is 0.775. The highest BCUT2D eigenvalue weighted by molar-refractivity contribution is 5.85. The number of hydrogen-bond acceptors (Lipinski definition) is 3. The molecule has 0 unspecified atom stereocenters. The van der Waals surface area contributed by atoms with Gasteiger partial charge in [-0.25, -0.2) is 4.79 Å². The Morgan fingerprint density at radius 3 is 3.00 bits per heavy atom. The number of rotatable bonds is 1. The minimum absolute atomic E-state index is 0.468. The normalized spacial score (nSPS) is 9.17. The van der Waals surface area contributed by atoms with E-state index in [0.29, 0.717) is 0 Å². The van der Waals surface area contributed by atoms with Crippen LogP contribution in [-0.2, 0) is 4.74 Å².